The third-order valence-electron chi connectivity index (χ3n) is 2.78. The number of primary amides is 1. The molecule has 1 atom stereocenters. The van der Waals surface area contributed by atoms with Crippen LogP contribution in [0.4, 0.5) is 0 Å². The highest BCUT2D eigenvalue weighted by Gasteiger charge is 2.15. The quantitative estimate of drug-likeness (QED) is 0.558. The molecular formula is C10H19N3O2. The molecule has 0 bridgehead atoms. The highest BCUT2D eigenvalue weighted by Crippen LogP contribution is 2.08. The van der Waals surface area contributed by atoms with E-state index in [0.717, 1.165) is 26.1 Å². The highest BCUT2D eigenvalue weighted by molar-refractivity contribution is 5.81. The van der Waals surface area contributed by atoms with E-state index < -0.39 is 11.9 Å². The van der Waals surface area contributed by atoms with E-state index in [9.17, 15) is 9.59 Å². The monoisotopic (exact) mass is 213 g/mol. The van der Waals surface area contributed by atoms with Crippen LogP contribution in [-0.2, 0) is 9.59 Å². The lowest BCUT2D eigenvalue weighted by Crippen LogP contribution is -2.41. The van der Waals surface area contributed by atoms with Gasteiger partial charge in [-0.15, -0.1) is 0 Å². The van der Waals surface area contributed by atoms with Crippen LogP contribution in [0.5, 0.6) is 0 Å². The Kier molecular flexibility index (Phi) is 5.10. The van der Waals surface area contributed by atoms with Gasteiger partial charge in [0.25, 0.3) is 0 Å². The van der Waals surface area contributed by atoms with Gasteiger partial charge < -0.3 is 16.0 Å². The average molecular weight is 213 g/mol. The summed E-state index contributed by atoms with van der Waals surface area (Å²) in [6.45, 7) is 3.30. The van der Waals surface area contributed by atoms with Crippen molar-refractivity contribution < 1.29 is 9.59 Å². The van der Waals surface area contributed by atoms with Crippen LogP contribution < -0.4 is 11.1 Å². The molecule has 0 radical (unpaired) electrons. The number of rotatable bonds is 7. The topological polar surface area (TPSA) is 75.4 Å². The van der Waals surface area contributed by atoms with E-state index in [0.29, 0.717) is 12.8 Å². The highest BCUT2D eigenvalue weighted by atomic mass is 16.2. The van der Waals surface area contributed by atoms with Crippen LogP contribution in [-0.4, -0.2) is 42.9 Å². The Morgan fingerprint density at radius 1 is 1.47 bits per heavy atom. The fourth-order valence-electron chi connectivity index (χ4n) is 1.92. The van der Waals surface area contributed by atoms with Crippen molar-refractivity contribution in [2.75, 3.05) is 19.6 Å². The van der Waals surface area contributed by atoms with Gasteiger partial charge in [-0.05, 0) is 45.3 Å². The summed E-state index contributed by atoms with van der Waals surface area (Å²) >= 11 is 0. The Balaban J connectivity index is 2.15. The molecule has 3 N–H and O–H groups in total. The first-order valence-electron chi connectivity index (χ1n) is 5.45. The fraction of sp³-hybridized carbons (Fsp3) is 0.800. The van der Waals surface area contributed by atoms with Crippen molar-refractivity contribution in [2.45, 2.75) is 31.7 Å². The molecule has 5 nitrogen and oxygen atoms in total. The van der Waals surface area contributed by atoms with Gasteiger partial charge in [0, 0.05) is 0 Å². The molecule has 2 amide bonds. The maximum Gasteiger partial charge on any atom is 0.239 e. The summed E-state index contributed by atoms with van der Waals surface area (Å²) in [4.78, 5) is 23.5. The minimum absolute atomic E-state index is 0.455. The molecule has 15 heavy (non-hydrogen) atoms. The number of hydrogen-bond donors (Lipinski definition) is 2. The van der Waals surface area contributed by atoms with Crippen LogP contribution >= 0.6 is 0 Å². The average Bonchev–Trinajstić information content (AvgIpc) is 2.69. The van der Waals surface area contributed by atoms with E-state index in [4.69, 9.17) is 5.73 Å². The number of likely N-dealkylation sites (tertiary alicyclic amines) is 1. The summed E-state index contributed by atoms with van der Waals surface area (Å²) in [5.41, 5.74) is 5.14. The minimum Gasteiger partial charge on any atom is -0.368 e. The fourth-order valence-corrected chi connectivity index (χ4v) is 1.92. The van der Waals surface area contributed by atoms with E-state index in [-0.39, 0.29) is 0 Å². The Bertz CT molecular complexity index is 215. The van der Waals surface area contributed by atoms with Gasteiger partial charge >= 0.3 is 0 Å². The van der Waals surface area contributed by atoms with E-state index in [1.165, 1.54) is 12.8 Å². The number of nitrogens with zero attached hydrogens (tertiary/aromatic N) is 1. The zero-order valence-corrected chi connectivity index (χ0v) is 8.95. The Labute approximate surface area is 90.0 Å². The van der Waals surface area contributed by atoms with E-state index in [1.54, 1.807) is 0 Å². The van der Waals surface area contributed by atoms with Gasteiger partial charge in [-0.3, -0.25) is 9.59 Å². The number of nitrogens with one attached hydrogen (secondary N) is 1. The van der Waals surface area contributed by atoms with Crippen molar-refractivity contribution >= 4 is 12.3 Å². The maximum absolute atomic E-state index is 10.9. The van der Waals surface area contributed by atoms with Gasteiger partial charge in [-0.2, -0.15) is 0 Å². The smallest absolute Gasteiger partial charge is 0.239 e. The van der Waals surface area contributed by atoms with Crippen molar-refractivity contribution in [1.29, 1.82) is 0 Å². The second-order valence-corrected chi connectivity index (χ2v) is 3.93. The van der Waals surface area contributed by atoms with Gasteiger partial charge in [-0.25, -0.2) is 0 Å². The van der Waals surface area contributed by atoms with Crippen LogP contribution in [0.3, 0.4) is 0 Å². The van der Waals surface area contributed by atoms with Crippen LogP contribution in [0.1, 0.15) is 25.7 Å². The second kappa shape index (κ2) is 6.40. The first-order valence-corrected chi connectivity index (χ1v) is 5.45. The molecule has 0 aromatic carbocycles. The van der Waals surface area contributed by atoms with Crippen LogP contribution in [0.25, 0.3) is 0 Å². The molecule has 1 heterocycles. The molecular weight excluding hydrogens is 194 g/mol. The zero-order valence-electron chi connectivity index (χ0n) is 8.95. The van der Waals surface area contributed by atoms with E-state index >= 15 is 0 Å². The predicted octanol–water partition coefficient (Wildman–Crippen LogP) is -0.538. The maximum atomic E-state index is 10.9. The number of carbonyl (C=O) groups excluding carboxylic acids is 2. The summed E-state index contributed by atoms with van der Waals surface area (Å²) in [7, 11) is 0. The van der Waals surface area contributed by atoms with Crippen molar-refractivity contribution in [2.24, 2.45) is 5.73 Å². The van der Waals surface area contributed by atoms with Gasteiger partial charge in [0.15, 0.2) is 0 Å². The SMILES string of the molecule is NC(=O)C(CCCN1CCCC1)NC=O. The van der Waals surface area contributed by atoms with Crippen molar-refractivity contribution in [3.8, 4) is 0 Å². The lowest BCUT2D eigenvalue weighted by Gasteiger charge is -2.16. The number of amides is 2. The van der Waals surface area contributed by atoms with E-state index in [2.05, 4.69) is 10.2 Å². The molecule has 1 saturated heterocycles. The first-order chi connectivity index (χ1) is 7.24. The Morgan fingerprint density at radius 3 is 2.67 bits per heavy atom. The first kappa shape index (κ1) is 12.0. The van der Waals surface area contributed by atoms with Crippen LogP contribution in [0, 0.1) is 0 Å². The molecule has 0 aromatic rings. The standard InChI is InChI=1S/C10H19N3O2/c11-10(15)9(12-8-14)4-3-7-13-5-1-2-6-13/h8-9H,1-7H2,(H2,11,15)(H,12,14). The van der Waals surface area contributed by atoms with Gasteiger partial charge in [0.2, 0.25) is 12.3 Å². The van der Waals surface area contributed by atoms with Crippen LogP contribution in [0.15, 0.2) is 0 Å². The Morgan fingerprint density at radius 2 is 2.13 bits per heavy atom. The summed E-state index contributed by atoms with van der Waals surface area (Å²) in [6, 6.07) is -0.509. The van der Waals surface area contributed by atoms with E-state index in [1.807, 2.05) is 0 Å². The number of carbonyl (C=O) groups is 2. The molecule has 1 rings (SSSR count). The summed E-state index contributed by atoms with van der Waals surface area (Å²) in [6.07, 6.45) is 4.60. The van der Waals surface area contributed by atoms with Gasteiger partial charge in [-0.1, -0.05) is 0 Å². The van der Waals surface area contributed by atoms with Crippen molar-refractivity contribution in [3.63, 3.8) is 0 Å². The normalized spacial score (nSPS) is 18.7. The lowest BCUT2D eigenvalue weighted by molar-refractivity contribution is -0.122. The summed E-state index contributed by atoms with van der Waals surface area (Å²) in [5.74, 6) is -0.455. The largest absolute Gasteiger partial charge is 0.368 e. The van der Waals surface area contributed by atoms with Crippen LogP contribution in [0.2, 0.25) is 0 Å². The number of nitrogens with two attached hydrogens (primary N) is 1. The number of hydrogen-bond acceptors (Lipinski definition) is 3. The molecule has 0 aromatic heterocycles. The minimum atomic E-state index is -0.509. The third kappa shape index (κ3) is 4.29. The molecule has 1 aliphatic rings. The van der Waals surface area contributed by atoms with Crippen molar-refractivity contribution in [3.05, 3.63) is 0 Å². The molecule has 86 valence electrons. The van der Waals surface area contributed by atoms with Gasteiger partial charge in [0.05, 0.1) is 0 Å². The van der Waals surface area contributed by atoms with Gasteiger partial charge in [0.1, 0.15) is 6.04 Å². The summed E-state index contributed by atoms with van der Waals surface area (Å²) < 4.78 is 0. The molecule has 1 aliphatic heterocycles. The third-order valence-corrected chi connectivity index (χ3v) is 2.78. The lowest BCUT2D eigenvalue weighted by atomic mass is 10.1. The summed E-state index contributed by atoms with van der Waals surface area (Å²) in [5, 5.41) is 2.43. The molecule has 0 saturated carbocycles. The molecule has 0 spiro atoms. The van der Waals surface area contributed by atoms with Crippen molar-refractivity contribution in [1.82, 2.24) is 10.2 Å². The molecule has 1 fully saturated rings. The second-order valence-electron chi connectivity index (χ2n) is 3.93. The predicted molar refractivity (Wildman–Crippen MR) is 57.1 cm³/mol. The molecule has 5 heteroatoms. The zero-order chi connectivity index (χ0) is 11.1. The molecule has 0 aliphatic carbocycles. The Hall–Kier alpha value is -1.10. The molecule has 1 unspecified atom stereocenters.